The summed E-state index contributed by atoms with van der Waals surface area (Å²) in [5.41, 5.74) is 9.15. The fraction of sp³-hybridized carbons (Fsp3) is 0.233. The van der Waals surface area contributed by atoms with Crippen LogP contribution in [0.4, 0.5) is 5.69 Å². The number of sulfonamides is 1. The van der Waals surface area contributed by atoms with Crippen LogP contribution in [0.3, 0.4) is 0 Å². The van der Waals surface area contributed by atoms with Crippen molar-refractivity contribution in [1.29, 1.82) is 0 Å². The van der Waals surface area contributed by atoms with Gasteiger partial charge in [-0.3, -0.25) is 19.6 Å². The third-order valence-electron chi connectivity index (χ3n) is 7.18. The molecular formula is C30H32N4O4S. The molecule has 1 amide bonds. The highest BCUT2D eigenvalue weighted by atomic mass is 32.2. The Bertz CT molecular complexity index is 1610. The van der Waals surface area contributed by atoms with Gasteiger partial charge >= 0.3 is 0 Å². The first-order chi connectivity index (χ1) is 18.8. The van der Waals surface area contributed by atoms with Crippen LogP contribution in [0.2, 0.25) is 0 Å². The van der Waals surface area contributed by atoms with Crippen molar-refractivity contribution < 1.29 is 18.4 Å². The summed E-state index contributed by atoms with van der Waals surface area (Å²) in [6, 6.07) is 22.4. The van der Waals surface area contributed by atoms with E-state index in [2.05, 4.69) is 51.1 Å². The summed E-state index contributed by atoms with van der Waals surface area (Å²) in [7, 11) is -3.33. The predicted octanol–water partition coefficient (Wildman–Crippen LogP) is 4.79. The van der Waals surface area contributed by atoms with Gasteiger partial charge in [0, 0.05) is 48.0 Å². The number of carbonyl (C=O) groups is 1. The molecule has 4 N–H and O–H groups in total. The van der Waals surface area contributed by atoms with Crippen molar-refractivity contribution in [2.45, 2.75) is 31.8 Å². The highest BCUT2D eigenvalue weighted by molar-refractivity contribution is 7.92. The fourth-order valence-electron chi connectivity index (χ4n) is 5.38. The molecule has 1 aromatic heterocycles. The van der Waals surface area contributed by atoms with Gasteiger partial charge in [0.25, 0.3) is 5.91 Å². The number of hydrogen-bond donors (Lipinski definition) is 4. The van der Waals surface area contributed by atoms with E-state index in [4.69, 9.17) is 5.21 Å². The number of anilines is 1. The lowest BCUT2D eigenvalue weighted by molar-refractivity contribution is -0.124. The molecule has 1 atom stereocenters. The topological polar surface area (TPSA) is 115 Å². The zero-order chi connectivity index (χ0) is 27.4. The molecule has 202 valence electrons. The van der Waals surface area contributed by atoms with Gasteiger partial charge in [-0.15, -0.1) is 0 Å². The normalized spacial score (nSPS) is 15.2. The number of nitrogens with one attached hydrogen (secondary N) is 3. The second kappa shape index (κ2) is 11.4. The first-order valence-electron chi connectivity index (χ1n) is 12.9. The molecule has 1 unspecified atom stereocenters. The Labute approximate surface area is 228 Å². The number of benzene rings is 3. The number of aromatic amines is 1. The molecule has 1 aliphatic rings. The Morgan fingerprint density at radius 1 is 1.13 bits per heavy atom. The summed E-state index contributed by atoms with van der Waals surface area (Å²) >= 11 is 0. The smallest absolute Gasteiger partial charge is 0.267 e. The fourth-order valence-corrected chi connectivity index (χ4v) is 5.95. The first kappa shape index (κ1) is 26.7. The quantitative estimate of drug-likeness (QED) is 0.130. The maximum Gasteiger partial charge on any atom is 0.267 e. The number of carbonyl (C=O) groups excluding carboxylic acids is 1. The summed E-state index contributed by atoms with van der Waals surface area (Å²) in [6.07, 6.45) is 9.06. The Hall–Kier alpha value is -3.92. The summed E-state index contributed by atoms with van der Waals surface area (Å²) < 4.78 is 25.7. The average molecular weight is 545 g/mol. The Morgan fingerprint density at radius 2 is 1.92 bits per heavy atom. The first-order valence-corrected chi connectivity index (χ1v) is 14.8. The van der Waals surface area contributed by atoms with E-state index >= 15 is 0 Å². The van der Waals surface area contributed by atoms with Gasteiger partial charge in [0.1, 0.15) is 0 Å². The van der Waals surface area contributed by atoms with Gasteiger partial charge < -0.3 is 4.98 Å². The van der Waals surface area contributed by atoms with E-state index < -0.39 is 15.9 Å². The van der Waals surface area contributed by atoms with Crippen molar-refractivity contribution in [2.24, 2.45) is 0 Å². The molecule has 3 aromatic carbocycles. The van der Waals surface area contributed by atoms with E-state index in [9.17, 15) is 13.2 Å². The second-order valence-corrected chi connectivity index (χ2v) is 11.7. The zero-order valence-electron chi connectivity index (χ0n) is 21.7. The maximum absolute atomic E-state index is 11.6. The van der Waals surface area contributed by atoms with Crippen molar-refractivity contribution in [1.82, 2.24) is 15.4 Å². The molecule has 4 aromatic rings. The van der Waals surface area contributed by atoms with Crippen molar-refractivity contribution in [3.63, 3.8) is 0 Å². The van der Waals surface area contributed by atoms with Crippen LogP contribution < -0.4 is 10.2 Å². The minimum Gasteiger partial charge on any atom is -0.361 e. The summed E-state index contributed by atoms with van der Waals surface area (Å²) in [6.45, 7) is 1.58. The molecule has 1 heterocycles. The number of hydroxylamine groups is 1. The number of H-pyrrole nitrogens is 1. The molecule has 0 bridgehead atoms. The van der Waals surface area contributed by atoms with E-state index in [1.165, 1.54) is 28.2 Å². The van der Waals surface area contributed by atoms with E-state index in [0.29, 0.717) is 5.69 Å². The SMILES string of the molecule is CS(=O)(=O)Nc1ccc(CN(CCc2c[nH]c3ccccc23)C2CCc3cc(C=CC(=O)NO)ccc32)cc1. The minimum absolute atomic E-state index is 0.234. The molecule has 1 aliphatic carbocycles. The highest BCUT2D eigenvalue weighted by Crippen LogP contribution is 2.37. The Morgan fingerprint density at radius 3 is 2.69 bits per heavy atom. The third kappa shape index (κ3) is 6.57. The summed E-state index contributed by atoms with van der Waals surface area (Å²) in [4.78, 5) is 17.3. The van der Waals surface area contributed by atoms with Crippen LogP contribution in [0.5, 0.6) is 0 Å². The van der Waals surface area contributed by atoms with Gasteiger partial charge in [0.15, 0.2) is 0 Å². The van der Waals surface area contributed by atoms with Gasteiger partial charge in [0.05, 0.1) is 6.26 Å². The van der Waals surface area contributed by atoms with Gasteiger partial charge in [0.2, 0.25) is 10.0 Å². The van der Waals surface area contributed by atoms with Crippen LogP contribution in [0.1, 0.15) is 40.3 Å². The summed E-state index contributed by atoms with van der Waals surface area (Å²) in [5, 5.41) is 9.98. The number of para-hydroxylation sites is 1. The number of aromatic nitrogens is 1. The van der Waals surface area contributed by atoms with E-state index in [1.807, 2.05) is 24.3 Å². The average Bonchev–Trinajstić information content (AvgIpc) is 3.54. The molecule has 0 saturated carbocycles. The lowest BCUT2D eigenvalue weighted by Gasteiger charge is -2.30. The van der Waals surface area contributed by atoms with Gasteiger partial charge in [-0.05, 0) is 71.4 Å². The molecule has 0 fully saturated rings. The lowest BCUT2D eigenvalue weighted by atomic mass is 10.0. The second-order valence-electron chi connectivity index (χ2n) is 9.97. The van der Waals surface area contributed by atoms with E-state index in [-0.39, 0.29) is 6.04 Å². The van der Waals surface area contributed by atoms with Crippen LogP contribution in [-0.4, -0.2) is 42.2 Å². The Balaban J connectivity index is 1.39. The zero-order valence-corrected chi connectivity index (χ0v) is 22.5. The van der Waals surface area contributed by atoms with Crippen molar-refractivity contribution in [3.8, 4) is 0 Å². The molecule has 5 rings (SSSR count). The van der Waals surface area contributed by atoms with E-state index in [1.54, 1.807) is 23.7 Å². The number of amides is 1. The van der Waals surface area contributed by atoms with Crippen molar-refractivity contribution in [3.05, 3.63) is 107 Å². The molecule has 39 heavy (non-hydrogen) atoms. The van der Waals surface area contributed by atoms with Crippen LogP contribution in [-0.2, 0) is 34.2 Å². The predicted molar refractivity (Wildman–Crippen MR) is 154 cm³/mol. The molecule has 0 saturated heterocycles. The number of aryl methyl sites for hydroxylation is 1. The number of fused-ring (bicyclic) bond motifs is 2. The Kier molecular flexibility index (Phi) is 7.83. The van der Waals surface area contributed by atoms with Gasteiger partial charge in [-0.1, -0.05) is 48.5 Å². The maximum atomic E-state index is 11.6. The molecule has 9 heteroatoms. The number of rotatable bonds is 10. The highest BCUT2D eigenvalue weighted by Gasteiger charge is 2.28. The lowest BCUT2D eigenvalue weighted by Crippen LogP contribution is -2.29. The molecule has 8 nitrogen and oxygen atoms in total. The molecule has 0 aliphatic heterocycles. The van der Waals surface area contributed by atoms with Crippen molar-refractivity contribution >= 4 is 38.6 Å². The number of nitrogens with zero attached hydrogens (tertiary/aromatic N) is 1. The van der Waals surface area contributed by atoms with Crippen molar-refractivity contribution in [2.75, 3.05) is 17.5 Å². The molecular weight excluding hydrogens is 512 g/mol. The monoisotopic (exact) mass is 544 g/mol. The van der Waals surface area contributed by atoms with Gasteiger partial charge in [-0.25, -0.2) is 13.9 Å². The molecule has 0 spiro atoms. The minimum atomic E-state index is -3.33. The van der Waals surface area contributed by atoms with Gasteiger partial charge in [-0.2, -0.15) is 0 Å². The van der Waals surface area contributed by atoms with Crippen LogP contribution >= 0.6 is 0 Å². The van der Waals surface area contributed by atoms with Crippen LogP contribution in [0.15, 0.2) is 79.0 Å². The van der Waals surface area contributed by atoms with E-state index in [0.717, 1.165) is 55.3 Å². The third-order valence-corrected chi connectivity index (χ3v) is 7.78. The molecule has 0 radical (unpaired) electrons. The summed E-state index contributed by atoms with van der Waals surface area (Å²) in [5.74, 6) is -0.561. The largest absolute Gasteiger partial charge is 0.361 e. The van der Waals surface area contributed by atoms with Crippen LogP contribution in [0, 0.1) is 0 Å². The van der Waals surface area contributed by atoms with Crippen LogP contribution in [0.25, 0.3) is 17.0 Å². The number of hydrogen-bond acceptors (Lipinski definition) is 5. The standard InChI is InChI=1S/C30H32N4O4S/c1-39(37,38)33-25-11-6-22(7-12-25)20-34(17-16-24-19-31-28-5-3-2-4-26(24)28)29-14-10-23-18-21(8-13-27(23)29)9-15-30(35)32-36/h2-9,11-13,15,18-19,29,31,33,36H,10,14,16-17,20H2,1H3,(H,32,35).